The molecule has 1 aliphatic rings. The molecule has 86 valence electrons. The molecule has 1 aromatic carbocycles. The number of aliphatic imine (C=N–C) groups is 1. The molecule has 1 saturated carbocycles. The lowest BCUT2D eigenvalue weighted by Gasteiger charge is -2.17. The highest BCUT2D eigenvalue weighted by molar-refractivity contribution is 5.68. The maximum Gasteiger partial charge on any atom is 0.144 e. The van der Waals surface area contributed by atoms with Crippen LogP contribution in [-0.4, -0.2) is 13.3 Å². The molecule has 0 bridgehead atoms. The number of benzene rings is 1. The number of rotatable bonds is 3. The summed E-state index contributed by atoms with van der Waals surface area (Å²) in [5, 5.41) is 0. The van der Waals surface area contributed by atoms with Crippen LogP contribution in [0, 0.1) is 5.92 Å². The molecule has 0 radical (unpaired) electrons. The van der Waals surface area contributed by atoms with Crippen molar-refractivity contribution in [2.45, 2.75) is 32.1 Å². The zero-order valence-electron chi connectivity index (χ0n) is 9.86. The Morgan fingerprint density at radius 1 is 1.19 bits per heavy atom. The highest BCUT2D eigenvalue weighted by Crippen LogP contribution is 2.28. The minimum Gasteiger partial charge on any atom is -0.494 e. The van der Waals surface area contributed by atoms with E-state index >= 15 is 0 Å². The molecule has 0 unspecified atom stereocenters. The second kappa shape index (κ2) is 5.69. The Kier molecular flexibility index (Phi) is 3.97. The quantitative estimate of drug-likeness (QED) is 0.702. The predicted octanol–water partition coefficient (Wildman–Crippen LogP) is 3.98. The van der Waals surface area contributed by atoms with Crippen molar-refractivity contribution >= 4 is 11.9 Å². The van der Waals surface area contributed by atoms with E-state index in [0.717, 1.165) is 11.4 Å². The average Bonchev–Trinajstić information content (AvgIpc) is 2.38. The van der Waals surface area contributed by atoms with Gasteiger partial charge < -0.3 is 4.74 Å². The van der Waals surface area contributed by atoms with Gasteiger partial charge in [-0.15, -0.1) is 0 Å². The molecule has 1 aliphatic carbocycles. The van der Waals surface area contributed by atoms with Crippen LogP contribution in [0.5, 0.6) is 5.75 Å². The van der Waals surface area contributed by atoms with Gasteiger partial charge in [0.1, 0.15) is 11.4 Å². The Balaban J connectivity index is 2.04. The first-order chi connectivity index (χ1) is 7.90. The van der Waals surface area contributed by atoms with Crippen molar-refractivity contribution in [3.8, 4) is 5.75 Å². The molecule has 2 nitrogen and oxygen atoms in total. The summed E-state index contributed by atoms with van der Waals surface area (Å²) in [6, 6.07) is 7.92. The standard InChI is InChI=1S/C14H19NO/c1-16-14-10-6-5-9-13(14)15-11-12-7-3-2-4-8-12/h5-6,9-12H,2-4,7-8H2,1H3. The average molecular weight is 217 g/mol. The normalized spacial score (nSPS) is 17.8. The third kappa shape index (κ3) is 2.84. The van der Waals surface area contributed by atoms with E-state index in [1.54, 1.807) is 7.11 Å². The highest BCUT2D eigenvalue weighted by atomic mass is 16.5. The van der Waals surface area contributed by atoms with E-state index in [1.165, 1.54) is 32.1 Å². The molecule has 0 N–H and O–H groups in total. The molecule has 0 atom stereocenters. The summed E-state index contributed by atoms with van der Waals surface area (Å²) >= 11 is 0. The first kappa shape index (κ1) is 11.2. The van der Waals surface area contributed by atoms with Gasteiger partial charge in [0.15, 0.2) is 0 Å². The summed E-state index contributed by atoms with van der Waals surface area (Å²) in [5.74, 6) is 1.52. The number of para-hydroxylation sites is 2. The first-order valence-electron chi connectivity index (χ1n) is 6.07. The molecule has 0 aromatic heterocycles. The maximum atomic E-state index is 5.27. The number of methoxy groups -OCH3 is 1. The summed E-state index contributed by atoms with van der Waals surface area (Å²) in [4.78, 5) is 4.55. The van der Waals surface area contributed by atoms with Gasteiger partial charge in [-0.3, -0.25) is 4.99 Å². The molecule has 1 aromatic rings. The van der Waals surface area contributed by atoms with E-state index in [0.29, 0.717) is 5.92 Å². The zero-order valence-corrected chi connectivity index (χ0v) is 9.86. The van der Waals surface area contributed by atoms with Crippen LogP contribution in [0.1, 0.15) is 32.1 Å². The van der Waals surface area contributed by atoms with Crippen molar-refractivity contribution in [2.75, 3.05) is 7.11 Å². The lowest BCUT2D eigenvalue weighted by molar-refractivity contribution is 0.416. The van der Waals surface area contributed by atoms with Crippen molar-refractivity contribution in [1.29, 1.82) is 0 Å². The number of hydrogen-bond donors (Lipinski definition) is 0. The van der Waals surface area contributed by atoms with E-state index in [4.69, 9.17) is 4.74 Å². The molecule has 0 aliphatic heterocycles. The zero-order chi connectivity index (χ0) is 11.2. The highest BCUT2D eigenvalue weighted by Gasteiger charge is 2.10. The van der Waals surface area contributed by atoms with Crippen LogP contribution in [-0.2, 0) is 0 Å². The minimum atomic E-state index is 0.665. The fourth-order valence-electron chi connectivity index (χ4n) is 2.21. The van der Waals surface area contributed by atoms with Gasteiger partial charge in [-0.1, -0.05) is 31.4 Å². The number of nitrogens with zero attached hydrogens (tertiary/aromatic N) is 1. The number of ether oxygens (including phenoxy) is 1. The van der Waals surface area contributed by atoms with Gasteiger partial charge in [-0.25, -0.2) is 0 Å². The molecule has 2 rings (SSSR count). The Labute approximate surface area is 97.4 Å². The Morgan fingerprint density at radius 2 is 1.94 bits per heavy atom. The van der Waals surface area contributed by atoms with Crippen molar-refractivity contribution in [3.05, 3.63) is 24.3 Å². The molecular formula is C14H19NO. The third-order valence-electron chi connectivity index (χ3n) is 3.16. The Hall–Kier alpha value is -1.31. The van der Waals surface area contributed by atoms with Gasteiger partial charge in [0.05, 0.1) is 7.11 Å². The van der Waals surface area contributed by atoms with E-state index in [-0.39, 0.29) is 0 Å². The SMILES string of the molecule is COc1ccccc1N=CC1CCCCC1. The summed E-state index contributed by atoms with van der Waals surface area (Å²) in [6.07, 6.45) is 8.78. The fraction of sp³-hybridized carbons (Fsp3) is 0.500. The van der Waals surface area contributed by atoms with Crippen LogP contribution in [0.15, 0.2) is 29.3 Å². The van der Waals surface area contributed by atoms with E-state index in [9.17, 15) is 0 Å². The smallest absolute Gasteiger partial charge is 0.144 e. The topological polar surface area (TPSA) is 21.6 Å². The van der Waals surface area contributed by atoms with Crippen LogP contribution in [0.4, 0.5) is 5.69 Å². The molecule has 16 heavy (non-hydrogen) atoms. The first-order valence-corrected chi connectivity index (χ1v) is 6.07. The van der Waals surface area contributed by atoms with Gasteiger partial charge in [0, 0.05) is 6.21 Å². The second-order valence-corrected chi connectivity index (χ2v) is 4.35. The summed E-state index contributed by atoms with van der Waals surface area (Å²) in [6.45, 7) is 0. The summed E-state index contributed by atoms with van der Waals surface area (Å²) < 4.78 is 5.27. The van der Waals surface area contributed by atoms with Gasteiger partial charge in [-0.2, -0.15) is 0 Å². The van der Waals surface area contributed by atoms with Crippen LogP contribution >= 0.6 is 0 Å². The molecule has 0 heterocycles. The van der Waals surface area contributed by atoms with Gasteiger partial charge in [0.25, 0.3) is 0 Å². The summed E-state index contributed by atoms with van der Waals surface area (Å²) in [5.41, 5.74) is 0.940. The van der Waals surface area contributed by atoms with Crippen molar-refractivity contribution in [1.82, 2.24) is 0 Å². The summed E-state index contributed by atoms with van der Waals surface area (Å²) in [7, 11) is 1.69. The fourth-order valence-corrected chi connectivity index (χ4v) is 2.21. The van der Waals surface area contributed by atoms with E-state index in [1.807, 2.05) is 24.3 Å². The van der Waals surface area contributed by atoms with Crippen molar-refractivity contribution < 1.29 is 4.74 Å². The van der Waals surface area contributed by atoms with E-state index in [2.05, 4.69) is 11.2 Å². The van der Waals surface area contributed by atoms with Gasteiger partial charge >= 0.3 is 0 Å². The molecule has 0 spiro atoms. The van der Waals surface area contributed by atoms with Crippen LogP contribution in [0.3, 0.4) is 0 Å². The lowest BCUT2D eigenvalue weighted by atomic mass is 9.90. The molecule has 2 heteroatoms. The van der Waals surface area contributed by atoms with Crippen LogP contribution in [0.25, 0.3) is 0 Å². The van der Waals surface area contributed by atoms with Crippen molar-refractivity contribution in [2.24, 2.45) is 10.9 Å². The third-order valence-corrected chi connectivity index (χ3v) is 3.16. The molecule has 0 amide bonds. The second-order valence-electron chi connectivity index (χ2n) is 4.35. The molecule has 1 fully saturated rings. The monoisotopic (exact) mass is 217 g/mol. The minimum absolute atomic E-state index is 0.665. The molecular weight excluding hydrogens is 198 g/mol. The van der Waals surface area contributed by atoms with Crippen LogP contribution < -0.4 is 4.74 Å². The van der Waals surface area contributed by atoms with Gasteiger partial charge in [0.2, 0.25) is 0 Å². The van der Waals surface area contributed by atoms with E-state index < -0.39 is 0 Å². The van der Waals surface area contributed by atoms with Crippen LogP contribution in [0.2, 0.25) is 0 Å². The van der Waals surface area contributed by atoms with Gasteiger partial charge in [-0.05, 0) is 30.9 Å². The Bertz CT molecular complexity index is 354. The lowest BCUT2D eigenvalue weighted by Crippen LogP contribution is -2.06. The van der Waals surface area contributed by atoms with Crippen molar-refractivity contribution in [3.63, 3.8) is 0 Å². The largest absolute Gasteiger partial charge is 0.494 e. The Morgan fingerprint density at radius 3 is 2.69 bits per heavy atom. The predicted molar refractivity (Wildman–Crippen MR) is 67.7 cm³/mol. The maximum absolute atomic E-state index is 5.27. The molecule has 0 saturated heterocycles. The number of hydrogen-bond acceptors (Lipinski definition) is 2.